The summed E-state index contributed by atoms with van der Waals surface area (Å²) in [7, 11) is 0. The van der Waals surface area contributed by atoms with E-state index >= 15 is 0 Å². The van der Waals surface area contributed by atoms with Crippen molar-refractivity contribution in [2.75, 3.05) is 6.61 Å². The SMILES string of the molecule is CCOc1ccc(C(C)NC2CCCCCC2C)cc1. The highest BCUT2D eigenvalue weighted by molar-refractivity contribution is 5.29. The van der Waals surface area contributed by atoms with Crippen LogP contribution in [-0.2, 0) is 0 Å². The zero-order valence-electron chi connectivity index (χ0n) is 13.2. The third kappa shape index (κ3) is 4.24. The van der Waals surface area contributed by atoms with Gasteiger partial charge in [0, 0.05) is 12.1 Å². The normalized spacial score (nSPS) is 24.9. The van der Waals surface area contributed by atoms with Gasteiger partial charge < -0.3 is 10.1 Å². The largest absolute Gasteiger partial charge is 0.494 e. The van der Waals surface area contributed by atoms with Crippen LogP contribution in [0.5, 0.6) is 5.75 Å². The molecule has 0 bridgehead atoms. The fraction of sp³-hybridized carbons (Fsp3) is 0.667. The Labute approximate surface area is 123 Å². The van der Waals surface area contributed by atoms with Gasteiger partial charge in [0.25, 0.3) is 0 Å². The predicted molar refractivity (Wildman–Crippen MR) is 85.2 cm³/mol. The second-order valence-electron chi connectivity index (χ2n) is 6.11. The van der Waals surface area contributed by atoms with Crippen molar-refractivity contribution in [3.63, 3.8) is 0 Å². The molecule has 1 aliphatic rings. The van der Waals surface area contributed by atoms with Gasteiger partial charge in [-0.1, -0.05) is 38.3 Å². The third-order valence-corrected chi connectivity index (χ3v) is 4.52. The van der Waals surface area contributed by atoms with Crippen LogP contribution >= 0.6 is 0 Å². The first-order chi connectivity index (χ1) is 9.70. The number of benzene rings is 1. The Morgan fingerprint density at radius 1 is 1.15 bits per heavy atom. The first-order valence-corrected chi connectivity index (χ1v) is 8.19. The molecule has 1 aromatic carbocycles. The number of rotatable bonds is 5. The van der Waals surface area contributed by atoms with Crippen molar-refractivity contribution >= 4 is 0 Å². The summed E-state index contributed by atoms with van der Waals surface area (Å²) in [5, 5.41) is 3.84. The molecule has 0 aromatic heterocycles. The van der Waals surface area contributed by atoms with E-state index < -0.39 is 0 Å². The van der Waals surface area contributed by atoms with Gasteiger partial charge in [0.05, 0.1) is 6.61 Å². The average molecular weight is 275 g/mol. The van der Waals surface area contributed by atoms with Gasteiger partial charge in [-0.15, -0.1) is 0 Å². The molecule has 0 amide bonds. The fourth-order valence-electron chi connectivity index (χ4n) is 3.18. The van der Waals surface area contributed by atoms with Crippen molar-refractivity contribution in [3.05, 3.63) is 29.8 Å². The standard InChI is InChI=1S/C18H29NO/c1-4-20-17-12-10-16(11-13-17)15(3)19-18-9-7-5-6-8-14(18)2/h10-15,18-19H,4-9H2,1-3H3. The van der Waals surface area contributed by atoms with Gasteiger partial charge >= 0.3 is 0 Å². The van der Waals surface area contributed by atoms with E-state index in [-0.39, 0.29) is 0 Å². The lowest BCUT2D eigenvalue weighted by molar-refractivity contribution is 0.329. The van der Waals surface area contributed by atoms with Crippen LogP contribution in [0.25, 0.3) is 0 Å². The van der Waals surface area contributed by atoms with E-state index in [1.54, 1.807) is 0 Å². The van der Waals surface area contributed by atoms with Crippen LogP contribution < -0.4 is 10.1 Å². The Balaban J connectivity index is 1.94. The molecule has 2 nitrogen and oxygen atoms in total. The summed E-state index contributed by atoms with van der Waals surface area (Å²) in [6.07, 6.45) is 6.87. The molecule has 0 spiro atoms. The van der Waals surface area contributed by atoms with Crippen molar-refractivity contribution < 1.29 is 4.74 Å². The van der Waals surface area contributed by atoms with Crippen molar-refractivity contribution in [1.82, 2.24) is 5.32 Å². The lowest BCUT2D eigenvalue weighted by atomic mass is 9.95. The van der Waals surface area contributed by atoms with Crippen LogP contribution in [0.2, 0.25) is 0 Å². The topological polar surface area (TPSA) is 21.3 Å². The molecule has 20 heavy (non-hydrogen) atoms. The Morgan fingerprint density at radius 2 is 1.85 bits per heavy atom. The Bertz CT molecular complexity index is 387. The van der Waals surface area contributed by atoms with Gasteiger partial charge in [-0.05, 0) is 50.3 Å². The van der Waals surface area contributed by atoms with E-state index in [9.17, 15) is 0 Å². The maximum Gasteiger partial charge on any atom is 0.119 e. The van der Waals surface area contributed by atoms with E-state index in [1.165, 1.54) is 37.7 Å². The van der Waals surface area contributed by atoms with Crippen LogP contribution in [0, 0.1) is 5.92 Å². The quantitative estimate of drug-likeness (QED) is 0.786. The average Bonchev–Trinajstić information content (AvgIpc) is 2.65. The zero-order valence-corrected chi connectivity index (χ0v) is 13.2. The molecule has 0 saturated heterocycles. The number of nitrogens with one attached hydrogen (secondary N) is 1. The second kappa shape index (κ2) is 7.68. The second-order valence-corrected chi connectivity index (χ2v) is 6.11. The molecule has 1 aliphatic carbocycles. The summed E-state index contributed by atoms with van der Waals surface area (Å²) in [5.41, 5.74) is 1.35. The molecule has 2 rings (SSSR count). The van der Waals surface area contributed by atoms with E-state index in [1.807, 2.05) is 6.92 Å². The van der Waals surface area contributed by atoms with E-state index in [4.69, 9.17) is 4.74 Å². The van der Waals surface area contributed by atoms with Crippen LogP contribution in [0.3, 0.4) is 0 Å². The monoisotopic (exact) mass is 275 g/mol. The smallest absolute Gasteiger partial charge is 0.119 e. The Morgan fingerprint density at radius 3 is 2.55 bits per heavy atom. The van der Waals surface area contributed by atoms with Gasteiger partial charge in [-0.2, -0.15) is 0 Å². The molecule has 0 aliphatic heterocycles. The van der Waals surface area contributed by atoms with Crippen LogP contribution in [0.1, 0.15) is 64.5 Å². The molecule has 1 N–H and O–H groups in total. The van der Waals surface area contributed by atoms with Gasteiger partial charge in [0.1, 0.15) is 5.75 Å². The van der Waals surface area contributed by atoms with Crippen LogP contribution in [0.15, 0.2) is 24.3 Å². The maximum absolute atomic E-state index is 5.50. The van der Waals surface area contributed by atoms with E-state index in [2.05, 4.69) is 43.4 Å². The van der Waals surface area contributed by atoms with Gasteiger partial charge in [-0.3, -0.25) is 0 Å². The van der Waals surface area contributed by atoms with Crippen LogP contribution in [0.4, 0.5) is 0 Å². The molecule has 112 valence electrons. The van der Waals surface area contributed by atoms with Gasteiger partial charge in [0.15, 0.2) is 0 Å². The predicted octanol–water partition coefficient (Wildman–Crippen LogP) is 4.70. The minimum atomic E-state index is 0.413. The molecule has 0 heterocycles. The fourth-order valence-corrected chi connectivity index (χ4v) is 3.18. The molecule has 2 heteroatoms. The lowest BCUT2D eigenvalue weighted by Gasteiger charge is -2.27. The van der Waals surface area contributed by atoms with E-state index in [0.29, 0.717) is 12.1 Å². The summed E-state index contributed by atoms with van der Waals surface area (Å²) in [4.78, 5) is 0. The van der Waals surface area contributed by atoms with Crippen molar-refractivity contribution in [1.29, 1.82) is 0 Å². The Hall–Kier alpha value is -1.02. The molecular formula is C18H29NO. The first kappa shape index (κ1) is 15.4. The highest BCUT2D eigenvalue weighted by Crippen LogP contribution is 2.26. The van der Waals surface area contributed by atoms with Crippen LogP contribution in [-0.4, -0.2) is 12.6 Å². The molecule has 1 aromatic rings. The van der Waals surface area contributed by atoms with E-state index in [0.717, 1.165) is 18.3 Å². The minimum absolute atomic E-state index is 0.413. The summed E-state index contributed by atoms with van der Waals surface area (Å²) in [5.74, 6) is 1.76. The Kier molecular flexibility index (Phi) is 5.90. The summed E-state index contributed by atoms with van der Waals surface area (Å²) in [6, 6.07) is 9.60. The van der Waals surface area contributed by atoms with Gasteiger partial charge in [0.2, 0.25) is 0 Å². The van der Waals surface area contributed by atoms with Gasteiger partial charge in [-0.25, -0.2) is 0 Å². The van der Waals surface area contributed by atoms with Crippen molar-refractivity contribution in [2.45, 2.75) is 65.0 Å². The highest BCUT2D eigenvalue weighted by Gasteiger charge is 2.21. The number of hydrogen-bond acceptors (Lipinski definition) is 2. The summed E-state index contributed by atoms with van der Waals surface area (Å²) in [6.45, 7) is 7.42. The highest BCUT2D eigenvalue weighted by atomic mass is 16.5. The molecule has 1 saturated carbocycles. The first-order valence-electron chi connectivity index (χ1n) is 8.19. The molecule has 1 fully saturated rings. The summed E-state index contributed by atoms with van der Waals surface area (Å²) < 4.78 is 5.50. The van der Waals surface area contributed by atoms with Crippen molar-refractivity contribution in [2.24, 2.45) is 5.92 Å². The lowest BCUT2D eigenvalue weighted by Crippen LogP contribution is -2.36. The minimum Gasteiger partial charge on any atom is -0.494 e. The molecular weight excluding hydrogens is 246 g/mol. The summed E-state index contributed by atoms with van der Waals surface area (Å²) >= 11 is 0. The number of hydrogen-bond donors (Lipinski definition) is 1. The zero-order chi connectivity index (χ0) is 14.4. The molecule has 0 radical (unpaired) electrons. The molecule has 3 unspecified atom stereocenters. The number of ether oxygens (including phenoxy) is 1. The third-order valence-electron chi connectivity index (χ3n) is 4.52. The molecule has 3 atom stereocenters. The van der Waals surface area contributed by atoms with Crippen molar-refractivity contribution in [3.8, 4) is 5.75 Å². The maximum atomic E-state index is 5.50.